The number of halogens is 2. The third-order valence-electron chi connectivity index (χ3n) is 3.94. The largest absolute Gasteiger partial charge is 0.399 e. The fraction of sp³-hybridized carbons (Fsp3) is 0.600. The maximum Gasteiger partial charge on any atom is 0.265 e. The van der Waals surface area contributed by atoms with Crippen LogP contribution in [0.4, 0.5) is 20.2 Å². The van der Waals surface area contributed by atoms with E-state index < -0.39 is 6.43 Å². The molecule has 0 amide bonds. The first-order chi connectivity index (χ1) is 9.11. The Labute approximate surface area is 113 Å². The summed E-state index contributed by atoms with van der Waals surface area (Å²) in [5, 5.41) is 0. The first-order valence-corrected chi connectivity index (χ1v) is 7.04. The average molecular weight is 268 g/mol. The number of alkyl halides is 2. The summed E-state index contributed by atoms with van der Waals surface area (Å²) in [4.78, 5) is 2.08. The first-order valence-electron chi connectivity index (χ1n) is 7.04. The standard InChI is InChI=1S/C15H22F2N2/c1-2-3-11-6-8-19(9-7-11)14-5-4-12(18)10-13(14)15(16)17/h4-5,10-11,15H,2-3,6-9,18H2,1H3. The van der Waals surface area contributed by atoms with Crippen molar-refractivity contribution in [1.29, 1.82) is 0 Å². The fourth-order valence-corrected chi connectivity index (χ4v) is 2.91. The summed E-state index contributed by atoms with van der Waals surface area (Å²) in [7, 11) is 0. The summed E-state index contributed by atoms with van der Waals surface area (Å²) < 4.78 is 26.2. The minimum Gasteiger partial charge on any atom is -0.399 e. The Morgan fingerprint density at radius 2 is 2.00 bits per heavy atom. The van der Waals surface area contributed by atoms with Gasteiger partial charge < -0.3 is 10.6 Å². The molecule has 0 radical (unpaired) electrons. The van der Waals surface area contributed by atoms with Gasteiger partial charge in [-0.25, -0.2) is 8.78 Å². The molecule has 1 aliphatic heterocycles. The molecule has 1 fully saturated rings. The molecule has 1 aromatic carbocycles. The molecular formula is C15H22F2N2. The van der Waals surface area contributed by atoms with E-state index >= 15 is 0 Å². The van der Waals surface area contributed by atoms with Gasteiger partial charge in [-0.3, -0.25) is 0 Å². The average Bonchev–Trinajstić information content (AvgIpc) is 2.40. The van der Waals surface area contributed by atoms with E-state index in [9.17, 15) is 8.78 Å². The normalized spacial score (nSPS) is 17.2. The molecule has 0 bridgehead atoms. The van der Waals surface area contributed by atoms with Gasteiger partial charge in [0.05, 0.1) is 0 Å². The molecule has 106 valence electrons. The van der Waals surface area contributed by atoms with Crippen LogP contribution in [0.25, 0.3) is 0 Å². The van der Waals surface area contributed by atoms with Crippen molar-refractivity contribution in [3.8, 4) is 0 Å². The number of benzene rings is 1. The van der Waals surface area contributed by atoms with Gasteiger partial charge in [-0.2, -0.15) is 0 Å². The lowest BCUT2D eigenvalue weighted by Gasteiger charge is -2.34. The lowest BCUT2D eigenvalue weighted by atomic mass is 9.92. The van der Waals surface area contributed by atoms with Crippen LogP contribution in [0.3, 0.4) is 0 Å². The van der Waals surface area contributed by atoms with Crippen LogP contribution in [0.2, 0.25) is 0 Å². The van der Waals surface area contributed by atoms with Crippen molar-refractivity contribution >= 4 is 11.4 Å². The van der Waals surface area contributed by atoms with Gasteiger partial charge in [-0.15, -0.1) is 0 Å². The minimum absolute atomic E-state index is 0.0638. The molecule has 0 atom stereocenters. The summed E-state index contributed by atoms with van der Waals surface area (Å²) in [5.74, 6) is 0.755. The van der Waals surface area contributed by atoms with Gasteiger partial charge in [0, 0.05) is 30.0 Å². The summed E-state index contributed by atoms with van der Waals surface area (Å²) >= 11 is 0. The summed E-state index contributed by atoms with van der Waals surface area (Å²) in [6, 6.07) is 4.84. The lowest BCUT2D eigenvalue weighted by molar-refractivity contribution is 0.151. The van der Waals surface area contributed by atoms with Crippen molar-refractivity contribution in [2.45, 2.75) is 39.0 Å². The molecule has 1 aromatic rings. The third kappa shape index (κ3) is 3.37. The van der Waals surface area contributed by atoms with Crippen LogP contribution >= 0.6 is 0 Å². The number of nitrogens with two attached hydrogens (primary N) is 1. The Balaban J connectivity index is 2.11. The van der Waals surface area contributed by atoms with Crippen molar-refractivity contribution < 1.29 is 8.78 Å². The van der Waals surface area contributed by atoms with E-state index in [0.29, 0.717) is 11.4 Å². The van der Waals surface area contributed by atoms with Crippen LogP contribution in [-0.2, 0) is 0 Å². The quantitative estimate of drug-likeness (QED) is 0.828. The van der Waals surface area contributed by atoms with Gasteiger partial charge in [0.25, 0.3) is 6.43 Å². The number of hydrogen-bond acceptors (Lipinski definition) is 2. The molecule has 2 rings (SSSR count). The van der Waals surface area contributed by atoms with E-state index in [0.717, 1.165) is 31.8 Å². The molecule has 19 heavy (non-hydrogen) atoms. The van der Waals surface area contributed by atoms with Crippen LogP contribution in [-0.4, -0.2) is 13.1 Å². The zero-order valence-electron chi connectivity index (χ0n) is 11.4. The first kappa shape index (κ1) is 14.1. The maximum absolute atomic E-state index is 13.1. The summed E-state index contributed by atoms with van der Waals surface area (Å²) in [6.07, 6.45) is 2.18. The second kappa shape index (κ2) is 6.22. The summed E-state index contributed by atoms with van der Waals surface area (Å²) in [5.41, 5.74) is 6.72. The van der Waals surface area contributed by atoms with Gasteiger partial charge in [-0.05, 0) is 37.0 Å². The number of hydrogen-bond donors (Lipinski definition) is 1. The van der Waals surface area contributed by atoms with E-state index in [1.807, 2.05) is 0 Å². The van der Waals surface area contributed by atoms with Crippen LogP contribution < -0.4 is 10.6 Å². The van der Waals surface area contributed by atoms with E-state index in [1.165, 1.54) is 18.9 Å². The third-order valence-corrected chi connectivity index (χ3v) is 3.94. The Morgan fingerprint density at radius 3 is 2.58 bits per heavy atom. The molecule has 0 aliphatic carbocycles. The van der Waals surface area contributed by atoms with E-state index in [-0.39, 0.29) is 5.56 Å². The molecule has 0 saturated carbocycles. The molecule has 1 aliphatic rings. The molecular weight excluding hydrogens is 246 g/mol. The lowest BCUT2D eigenvalue weighted by Crippen LogP contribution is -2.34. The van der Waals surface area contributed by atoms with Crippen molar-refractivity contribution in [1.82, 2.24) is 0 Å². The highest BCUT2D eigenvalue weighted by atomic mass is 19.3. The number of nitrogens with zero attached hydrogens (tertiary/aromatic N) is 1. The molecule has 2 N–H and O–H groups in total. The van der Waals surface area contributed by atoms with E-state index in [1.54, 1.807) is 12.1 Å². The molecule has 4 heteroatoms. The number of rotatable bonds is 4. The van der Waals surface area contributed by atoms with Crippen molar-refractivity contribution in [3.05, 3.63) is 23.8 Å². The van der Waals surface area contributed by atoms with Gasteiger partial charge in [0.15, 0.2) is 0 Å². The summed E-state index contributed by atoms with van der Waals surface area (Å²) in [6.45, 7) is 3.93. The predicted octanol–water partition coefficient (Wildman–Crippen LogP) is 4.22. The molecule has 2 nitrogen and oxygen atoms in total. The Morgan fingerprint density at radius 1 is 1.32 bits per heavy atom. The molecule has 1 heterocycles. The number of piperidine rings is 1. The van der Waals surface area contributed by atoms with Crippen LogP contribution in [0.15, 0.2) is 18.2 Å². The highest BCUT2D eigenvalue weighted by molar-refractivity contribution is 5.60. The number of nitrogen functional groups attached to an aromatic ring is 1. The van der Waals surface area contributed by atoms with Crippen LogP contribution in [0.5, 0.6) is 0 Å². The van der Waals surface area contributed by atoms with Gasteiger partial charge in [-0.1, -0.05) is 19.8 Å². The molecule has 1 saturated heterocycles. The molecule has 0 aromatic heterocycles. The highest BCUT2D eigenvalue weighted by Crippen LogP contribution is 2.34. The highest BCUT2D eigenvalue weighted by Gasteiger charge is 2.23. The minimum atomic E-state index is -2.47. The Hall–Kier alpha value is -1.32. The van der Waals surface area contributed by atoms with Crippen molar-refractivity contribution in [2.24, 2.45) is 5.92 Å². The van der Waals surface area contributed by atoms with Gasteiger partial charge >= 0.3 is 0 Å². The Bertz CT molecular complexity index is 413. The number of anilines is 2. The van der Waals surface area contributed by atoms with Crippen molar-refractivity contribution in [3.63, 3.8) is 0 Å². The Kier molecular flexibility index (Phi) is 4.61. The van der Waals surface area contributed by atoms with Gasteiger partial charge in [0.1, 0.15) is 0 Å². The maximum atomic E-state index is 13.1. The van der Waals surface area contributed by atoms with E-state index in [4.69, 9.17) is 5.73 Å². The monoisotopic (exact) mass is 268 g/mol. The topological polar surface area (TPSA) is 29.3 Å². The zero-order valence-corrected chi connectivity index (χ0v) is 11.4. The molecule has 0 spiro atoms. The van der Waals surface area contributed by atoms with Crippen molar-refractivity contribution in [2.75, 3.05) is 23.7 Å². The fourth-order valence-electron chi connectivity index (χ4n) is 2.91. The van der Waals surface area contributed by atoms with Gasteiger partial charge in [0.2, 0.25) is 0 Å². The second-order valence-electron chi connectivity index (χ2n) is 5.34. The SMILES string of the molecule is CCCC1CCN(c2ccc(N)cc2C(F)F)CC1. The smallest absolute Gasteiger partial charge is 0.265 e. The second-order valence-corrected chi connectivity index (χ2v) is 5.34. The van der Waals surface area contributed by atoms with E-state index in [2.05, 4.69) is 11.8 Å². The predicted molar refractivity (Wildman–Crippen MR) is 75.7 cm³/mol. The van der Waals surface area contributed by atoms with Crippen LogP contribution in [0, 0.1) is 5.92 Å². The zero-order chi connectivity index (χ0) is 13.8. The molecule has 0 unspecified atom stereocenters. The van der Waals surface area contributed by atoms with Crippen LogP contribution in [0.1, 0.15) is 44.6 Å².